The molecule has 1 saturated heterocycles. The molecule has 1 aromatic rings. The molecule has 1 atom stereocenters. The van der Waals surface area contributed by atoms with Gasteiger partial charge in [-0.1, -0.05) is 13.8 Å². The van der Waals surface area contributed by atoms with Gasteiger partial charge in [-0.3, -0.25) is 9.59 Å². The van der Waals surface area contributed by atoms with Gasteiger partial charge in [0.25, 0.3) is 5.91 Å². The molecule has 2 heterocycles. The molecule has 7 nitrogen and oxygen atoms in total. The van der Waals surface area contributed by atoms with Crippen LogP contribution in [0.2, 0.25) is 0 Å². The number of pyridine rings is 1. The quantitative estimate of drug-likeness (QED) is 0.730. The summed E-state index contributed by atoms with van der Waals surface area (Å²) in [5.41, 5.74) is 0.534. The average molecular weight is 361 g/mol. The summed E-state index contributed by atoms with van der Waals surface area (Å²) in [5.74, 6) is 1.64. The molecule has 2 amide bonds. The van der Waals surface area contributed by atoms with Gasteiger partial charge in [0.05, 0.1) is 12.1 Å². The summed E-state index contributed by atoms with van der Waals surface area (Å²) in [6.07, 6.45) is 2.67. The van der Waals surface area contributed by atoms with Crippen LogP contribution in [0.15, 0.2) is 18.3 Å². The van der Waals surface area contributed by atoms with Crippen LogP contribution in [0.3, 0.4) is 0 Å². The summed E-state index contributed by atoms with van der Waals surface area (Å²) in [7, 11) is 3.41. The first-order chi connectivity index (χ1) is 12.3. The number of likely N-dealkylation sites (tertiary alicyclic amines) is 1. The van der Waals surface area contributed by atoms with Gasteiger partial charge in [0, 0.05) is 39.9 Å². The Kier molecular flexibility index (Phi) is 7.38. The molecule has 1 unspecified atom stereocenters. The second kappa shape index (κ2) is 9.52. The van der Waals surface area contributed by atoms with E-state index in [1.165, 1.54) is 11.1 Å². The number of amides is 2. The van der Waals surface area contributed by atoms with Crippen LogP contribution in [-0.2, 0) is 4.79 Å². The van der Waals surface area contributed by atoms with Crippen molar-refractivity contribution in [1.82, 2.24) is 20.1 Å². The van der Waals surface area contributed by atoms with E-state index in [4.69, 9.17) is 0 Å². The minimum Gasteiger partial charge on any atom is -0.361 e. The lowest BCUT2D eigenvalue weighted by Gasteiger charge is -2.18. The maximum absolute atomic E-state index is 12.3. The Morgan fingerprint density at radius 3 is 2.73 bits per heavy atom. The van der Waals surface area contributed by atoms with Crippen LogP contribution in [0.5, 0.6) is 0 Å². The first kappa shape index (κ1) is 20.2. The normalized spacial score (nSPS) is 17.3. The van der Waals surface area contributed by atoms with Crippen molar-refractivity contribution in [1.29, 1.82) is 0 Å². The maximum Gasteiger partial charge on any atom is 0.252 e. The van der Waals surface area contributed by atoms with Crippen molar-refractivity contribution in [3.63, 3.8) is 0 Å². The van der Waals surface area contributed by atoms with Crippen molar-refractivity contribution >= 4 is 17.6 Å². The molecule has 0 spiro atoms. The van der Waals surface area contributed by atoms with Crippen LogP contribution < -0.4 is 10.6 Å². The Morgan fingerprint density at radius 1 is 1.35 bits per heavy atom. The zero-order valence-corrected chi connectivity index (χ0v) is 16.3. The van der Waals surface area contributed by atoms with E-state index in [2.05, 4.69) is 34.4 Å². The second-order valence-electron chi connectivity index (χ2n) is 7.59. The summed E-state index contributed by atoms with van der Waals surface area (Å²) in [6.45, 7) is 8.64. The molecule has 1 fully saturated rings. The Hall–Kier alpha value is -2.15. The van der Waals surface area contributed by atoms with Crippen LogP contribution in [0, 0.1) is 11.8 Å². The highest BCUT2D eigenvalue weighted by Crippen LogP contribution is 2.16. The molecule has 0 aliphatic carbocycles. The van der Waals surface area contributed by atoms with Crippen LogP contribution in [0.1, 0.15) is 30.6 Å². The van der Waals surface area contributed by atoms with Crippen LogP contribution in [0.4, 0.5) is 5.82 Å². The van der Waals surface area contributed by atoms with Crippen molar-refractivity contribution in [2.45, 2.75) is 20.3 Å². The molecule has 0 radical (unpaired) electrons. The predicted octanol–water partition coefficient (Wildman–Crippen LogP) is 1.29. The second-order valence-corrected chi connectivity index (χ2v) is 7.59. The van der Waals surface area contributed by atoms with Gasteiger partial charge >= 0.3 is 0 Å². The summed E-state index contributed by atoms with van der Waals surface area (Å²) in [4.78, 5) is 32.0. The number of anilines is 1. The van der Waals surface area contributed by atoms with Crippen LogP contribution >= 0.6 is 0 Å². The SMILES string of the molecule is CC(C)CN1CCC(CNC(=O)c2ccc(NCC(=O)N(C)C)nc2)C1. The van der Waals surface area contributed by atoms with Crippen molar-refractivity contribution in [2.75, 3.05) is 52.1 Å². The van der Waals surface area contributed by atoms with Gasteiger partial charge in [-0.05, 0) is 36.9 Å². The summed E-state index contributed by atoms with van der Waals surface area (Å²) in [6, 6.07) is 3.45. The Labute approximate surface area is 156 Å². The van der Waals surface area contributed by atoms with E-state index in [9.17, 15) is 9.59 Å². The molecule has 1 aromatic heterocycles. The fourth-order valence-corrected chi connectivity index (χ4v) is 3.06. The van der Waals surface area contributed by atoms with Gasteiger partial charge in [0.15, 0.2) is 0 Å². The minimum atomic E-state index is -0.101. The third-order valence-electron chi connectivity index (χ3n) is 4.49. The fourth-order valence-electron chi connectivity index (χ4n) is 3.06. The molecule has 7 heteroatoms. The van der Waals surface area contributed by atoms with Gasteiger partial charge < -0.3 is 20.4 Å². The first-order valence-corrected chi connectivity index (χ1v) is 9.25. The lowest BCUT2D eigenvalue weighted by Crippen LogP contribution is -2.32. The van der Waals surface area contributed by atoms with E-state index in [-0.39, 0.29) is 18.4 Å². The predicted molar refractivity (Wildman–Crippen MR) is 103 cm³/mol. The number of nitrogens with one attached hydrogen (secondary N) is 2. The topological polar surface area (TPSA) is 77.6 Å². The lowest BCUT2D eigenvalue weighted by molar-refractivity contribution is -0.126. The van der Waals surface area contributed by atoms with Crippen molar-refractivity contribution in [3.8, 4) is 0 Å². The molecule has 0 bridgehead atoms. The van der Waals surface area contributed by atoms with Gasteiger partial charge in [-0.15, -0.1) is 0 Å². The molecular formula is C19H31N5O2. The Balaban J connectivity index is 1.75. The third kappa shape index (κ3) is 6.29. The van der Waals surface area contributed by atoms with E-state index in [0.717, 1.165) is 26.1 Å². The molecular weight excluding hydrogens is 330 g/mol. The minimum absolute atomic E-state index is 0.0308. The highest BCUT2D eigenvalue weighted by molar-refractivity contribution is 5.94. The molecule has 1 aliphatic rings. The number of hydrogen-bond donors (Lipinski definition) is 2. The Morgan fingerprint density at radius 2 is 2.12 bits per heavy atom. The van der Waals surface area contributed by atoms with Crippen molar-refractivity contribution in [2.24, 2.45) is 11.8 Å². The number of nitrogens with zero attached hydrogens (tertiary/aromatic N) is 3. The summed E-state index contributed by atoms with van der Waals surface area (Å²) >= 11 is 0. The number of aromatic nitrogens is 1. The zero-order valence-electron chi connectivity index (χ0n) is 16.3. The van der Waals surface area contributed by atoms with Crippen LogP contribution in [-0.4, -0.2) is 73.4 Å². The van der Waals surface area contributed by atoms with E-state index in [1.54, 1.807) is 26.2 Å². The van der Waals surface area contributed by atoms with E-state index in [0.29, 0.717) is 29.8 Å². The van der Waals surface area contributed by atoms with E-state index >= 15 is 0 Å². The van der Waals surface area contributed by atoms with Crippen LogP contribution in [0.25, 0.3) is 0 Å². The van der Waals surface area contributed by atoms with Gasteiger partial charge in [0.1, 0.15) is 5.82 Å². The monoisotopic (exact) mass is 361 g/mol. The molecule has 2 rings (SSSR count). The molecule has 0 aromatic carbocycles. The summed E-state index contributed by atoms with van der Waals surface area (Å²) in [5, 5.41) is 5.96. The molecule has 1 aliphatic heterocycles. The smallest absolute Gasteiger partial charge is 0.252 e. The maximum atomic E-state index is 12.3. The van der Waals surface area contributed by atoms with Crippen molar-refractivity contribution < 1.29 is 9.59 Å². The largest absolute Gasteiger partial charge is 0.361 e. The zero-order chi connectivity index (χ0) is 19.1. The number of likely N-dealkylation sites (N-methyl/N-ethyl adjacent to an activating group) is 1. The highest BCUT2D eigenvalue weighted by Gasteiger charge is 2.23. The van der Waals surface area contributed by atoms with E-state index in [1.807, 2.05) is 0 Å². The Bertz CT molecular complexity index is 600. The van der Waals surface area contributed by atoms with Gasteiger partial charge in [0.2, 0.25) is 5.91 Å². The number of rotatable bonds is 8. The molecule has 144 valence electrons. The van der Waals surface area contributed by atoms with Gasteiger partial charge in [-0.25, -0.2) is 4.98 Å². The molecule has 0 saturated carbocycles. The number of carbonyl (C=O) groups is 2. The summed E-state index contributed by atoms with van der Waals surface area (Å²) < 4.78 is 0. The first-order valence-electron chi connectivity index (χ1n) is 9.25. The highest BCUT2D eigenvalue weighted by atomic mass is 16.2. The fraction of sp³-hybridized carbons (Fsp3) is 0.632. The molecule has 2 N–H and O–H groups in total. The van der Waals surface area contributed by atoms with Gasteiger partial charge in [-0.2, -0.15) is 0 Å². The molecule has 26 heavy (non-hydrogen) atoms. The van der Waals surface area contributed by atoms with Crippen molar-refractivity contribution in [3.05, 3.63) is 23.9 Å². The number of carbonyl (C=O) groups excluding carboxylic acids is 2. The standard InChI is InChI=1S/C19H31N5O2/c1-14(2)12-24-8-7-15(13-24)9-22-19(26)16-5-6-17(20-10-16)21-11-18(25)23(3)4/h5-6,10,14-15H,7-9,11-13H2,1-4H3,(H,20,21)(H,22,26). The van der Waals surface area contributed by atoms with E-state index < -0.39 is 0 Å². The number of hydrogen-bond acceptors (Lipinski definition) is 5. The lowest BCUT2D eigenvalue weighted by atomic mass is 10.1. The third-order valence-corrected chi connectivity index (χ3v) is 4.49. The average Bonchev–Trinajstić information content (AvgIpc) is 3.04.